The number of aromatic nitrogens is 3. The molecule has 0 radical (unpaired) electrons. The van der Waals surface area contributed by atoms with Gasteiger partial charge in [-0.3, -0.25) is 4.79 Å². The molecule has 1 aliphatic heterocycles. The lowest BCUT2D eigenvalue weighted by Gasteiger charge is -2.13. The van der Waals surface area contributed by atoms with E-state index in [1.165, 1.54) is 5.56 Å². The van der Waals surface area contributed by atoms with E-state index in [2.05, 4.69) is 31.2 Å². The zero-order chi connectivity index (χ0) is 18.0. The Morgan fingerprint density at radius 2 is 2.24 bits per heavy atom. The lowest BCUT2D eigenvalue weighted by atomic mass is 10.00. The fourth-order valence-electron chi connectivity index (χ4n) is 3.47. The van der Waals surface area contributed by atoms with E-state index in [9.17, 15) is 4.79 Å². The summed E-state index contributed by atoms with van der Waals surface area (Å²) in [6.07, 6.45) is 4.13. The molecule has 0 aromatic carbocycles. The number of nitrogens with zero attached hydrogens (tertiary/aromatic N) is 3. The van der Waals surface area contributed by atoms with Gasteiger partial charge in [-0.1, -0.05) is 0 Å². The molecule has 3 rings (SSSR count). The molecule has 1 saturated heterocycles. The number of rotatable bonds is 6. The third-order valence-electron chi connectivity index (χ3n) is 5.04. The SMILES string of the molecule is Cc1nc2c(cnn2C(C)C)c(C)c1CCC(=O)NC[C@H]1CCOC1. The lowest BCUT2D eigenvalue weighted by molar-refractivity contribution is -0.121. The number of pyridine rings is 1. The predicted octanol–water partition coefficient (Wildman–Crippen LogP) is 2.71. The van der Waals surface area contributed by atoms with E-state index in [0.717, 1.165) is 48.5 Å². The number of amides is 1. The first-order valence-corrected chi connectivity index (χ1v) is 9.15. The molecular formula is C19H28N4O2. The van der Waals surface area contributed by atoms with Crippen molar-refractivity contribution in [1.29, 1.82) is 0 Å². The summed E-state index contributed by atoms with van der Waals surface area (Å²) >= 11 is 0. The van der Waals surface area contributed by atoms with Crippen molar-refractivity contribution in [3.05, 3.63) is 23.0 Å². The minimum Gasteiger partial charge on any atom is -0.381 e. The maximum absolute atomic E-state index is 12.2. The number of carbonyl (C=O) groups is 1. The second-order valence-corrected chi connectivity index (χ2v) is 7.25. The smallest absolute Gasteiger partial charge is 0.220 e. The van der Waals surface area contributed by atoms with Gasteiger partial charge in [0.05, 0.1) is 12.8 Å². The number of fused-ring (bicyclic) bond motifs is 1. The van der Waals surface area contributed by atoms with Crippen molar-refractivity contribution in [1.82, 2.24) is 20.1 Å². The molecule has 136 valence electrons. The normalized spacial score (nSPS) is 17.6. The first kappa shape index (κ1) is 17.9. The zero-order valence-corrected chi connectivity index (χ0v) is 15.6. The number of nitrogens with one attached hydrogen (secondary N) is 1. The van der Waals surface area contributed by atoms with E-state index >= 15 is 0 Å². The molecule has 1 aliphatic rings. The summed E-state index contributed by atoms with van der Waals surface area (Å²) in [5, 5.41) is 8.59. The molecule has 0 aliphatic carbocycles. The number of hydrogen-bond donors (Lipinski definition) is 1. The van der Waals surface area contributed by atoms with E-state index in [4.69, 9.17) is 9.72 Å². The molecule has 1 atom stereocenters. The van der Waals surface area contributed by atoms with Gasteiger partial charge in [0, 0.05) is 42.6 Å². The first-order valence-electron chi connectivity index (χ1n) is 9.15. The highest BCUT2D eigenvalue weighted by molar-refractivity contribution is 5.81. The van der Waals surface area contributed by atoms with Crippen LogP contribution in [0.15, 0.2) is 6.20 Å². The Labute approximate surface area is 149 Å². The highest BCUT2D eigenvalue weighted by atomic mass is 16.5. The summed E-state index contributed by atoms with van der Waals surface area (Å²) in [7, 11) is 0. The summed E-state index contributed by atoms with van der Waals surface area (Å²) < 4.78 is 7.30. The minimum atomic E-state index is 0.101. The van der Waals surface area contributed by atoms with E-state index in [1.54, 1.807) is 0 Å². The van der Waals surface area contributed by atoms with Crippen molar-refractivity contribution in [2.75, 3.05) is 19.8 Å². The molecule has 25 heavy (non-hydrogen) atoms. The van der Waals surface area contributed by atoms with Crippen molar-refractivity contribution in [2.24, 2.45) is 5.92 Å². The summed E-state index contributed by atoms with van der Waals surface area (Å²) in [4.78, 5) is 16.9. The summed E-state index contributed by atoms with van der Waals surface area (Å²) in [5.41, 5.74) is 4.27. The quantitative estimate of drug-likeness (QED) is 0.875. The number of carbonyl (C=O) groups excluding carboxylic acids is 1. The number of hydrogen-bond acceptors (Lipinski definition) is 4. The average molecular weight is 344 g/mol. The Kier molecular flexibility index (Phi) is 5.37. The molecule has 3 heterocycles. The number of ether oxygens (including phenoxy) is 1. The fraction of sp³-hybridized carbons (Fsp3) is 0.632. The summed E-state index contributed by atoms with van der Waals surface area (Å²) in [5.74, 6) is 0.566. The van der Waals surface area contributed by atoms with Crippen LogP contribution >= 0.6 is 0 Å². The van der Waals surface area contributed by atoms with E-state index in [-0.39, 0.29) is 11.9 Å². The third-order valence-corrected chi connectivity index (χ3v) is 5.04. The summed E-state index contributed by atoms with van der Waals surface area (Å²) in [6.45, 7) is 10.6. The van der Waals surface area contributed by atoms with Crippen LogP contribution in [0.1, 0.15) is 49.6 Å². The van der Waals surface area contributed by atoms with Crippen LogP contribution in [0.5, 0.6) is 0 Å². The highest BCUT2D eigenvalue weighted by Crippen LogP contribution is 2.25. The van der Waals surface area contributed by atoms with Crippen molar-refractivity contribution in [3.8, 4) is 0 Å². The van der Waals surface area contributed by atoms with Crippen LogP contribution in [0.25, 0.3) is 11.0 Å². The third kappa shape index (κ3) is 3.84. The predicted molar refractivity (Wildman–Crippen MR) is 97.6 cm³/mol. The summed E-state index contributed by atoms with van der Waals surface area (Å²) in [6, 6.07) is 0.278. The Bertz CT molecular complexity index is 760. The molecule has 1 N–H and O–H groups in total. The molecule has 1 amide bonds. The molecule has 0 bridgehead atoms. The Morgan fingerprint density at radius 3 is 2.92 bits per heavy atom. The number of aryl methyl sites for hydroxylation is 2. The van der Waals surface area contributed by atoms with Crippen LogP contribution in [-0.2, 0) is 16.0 Å². The largest absolute Gasteiger partial charge is 0.381 e. The first-order chi connectivity index (χ1) is 12.0. The van der Waals surface area contributed by atoms with E-state index in [0.29, 0.717) is 18.8 Å². The monoisotopic (exact) mass is 344 g/mol. The van der Waals surface area contributed by atoms with E-state index < -0.39 is 0 Å². The maximum atomic E-state index is 12.2. The molecule has 0 spiro atoms. The molecular weight excluding hydrogens is 316 g/mol. The van der Waals surface area contributed by atoms with Gasteiger partial charge < -0.3 is 10.1 Å². The van der Waals surface area contributed by atoms with Crippen LogP contribution < -0.4 is 5.32 Å². The zero-order valence-electron chi connectivity index (χ0n) is 15.6. The second kappa shape index (κ2) is 7.52. The van der Waals surface area contributed by atoms with Gasteiger partial charge >= 0.3 is 0 Å². The van der Waals surface area contributed by atoms with Gasteiger partial charge in [-0.15, -0.1) is 0 Å². The Hall–Kier alpha value is -1.95. The topological polar surface area (TPSA) is 69.0 Å². The van der Waals surface area contributed by atoms with E-state index in [1.807, 2.05) is 17.8 Å². The van der Waals surface area contributed by atoms with Gasteiger partial charge in [0.1, 0.15) is 0 Å². The van der Waals surface area contributed by atoms with Crippen LogP contribution in [0.2, 0.25) is 0 Å². The molecule has 6 nitrogen and oxygen atoms in total. The second-order valence-electron chi connectivity index (χ2n) is 7.25. The fourth-order valence-corrected chi connectivity index (χ4v) is 3.47. The van der Waals surface area contributed by atoms with Crippen molar-refractivity contribution < 1.29 is 9.53 Å². The van der Waals surface area contributed by atoms with Gasteiger partial charge in [0.25, 0.3) is 0 Å². The minimum absolute atomic E-state index is 0.101. The molecule has 1 fully saturated rings. The molecule has 0 saturated carbocycles. The van der Waals surface area contributed by atoms with Crippen molar-refractivity contribution in [2.45, 2.75) is 53.0 Å². The van der Waals surface area contributed by atoms with Gasteiger partial charge in [-0.25, -0.2) is 9.67 Å². The Balaban J connectivity index is 1.67. The molecule has 2 aromatic rings. The standard InChI is InChI=1S/C19H28N4O2/c1-12(2)23-19-17(10-21-23)13(3)16(14(4)22-19)5-6-18(24)20-9-15-7-8-25-11-15/h10,12,15H,5-9,11H2,1-4H3,(H,20,24)/t15-/m1/s1. The molecule has 6 heteroatoms. The van der Waals surface area contributed by atoms with Crippen molar-refractivity contribution >= 4 is 16.9 Å². The highest BCUT2D eigenvalue weighted by Gasteiger charge is 2.18. The Morgan fingerprint density at radius 1 is 1.44 bits per heavy atom. The van der Waals surface area contributed by atoms with Crippen molar-refractivity contribution in [3.63, 3.8) is 0 Å². The molecule has 0 unspecified atom stereocenters. The molecule has 2 aromatic heterocycles. The van der Waals surface area contributed by atoms with Crippen LogP contribution in [0.4, 0.5) is 0 Å². The van der Waals surface area contributed by atoms with Crippen LogP contribution in [0.3, 0.4) is 0 Å². The van der Waals surface area contributed by atoms with Gasteiger partial charge in [0.15, 0.2) is 5.65 Å². The lowest BCUT2D eigenvalue weighted by Crippen LogP contribution is -2.29. The average Bonchev–Trinajstić information content (AvgIpc) is 3.21. The maximum Gasteiger partial charge on any atom is 0.220 e. The van der Waals surface area contributed by atoms with Crippen LogP contribution in [-0.4, -0.2) is 40.4 Å². The van der Waals surface area contributed by atoms with Gasteiger partial charge in [-0.2, -0.15) is 5.10 Å². The van der Waals surface area contributed by atoms with Gasteiger partial charge in [0.2, 0.25) is 5.91 Å². The van der Waals surface area contributed by atoms with Gasteiger partial charge in [-0.05, 0) is 51.7 Å². The van der Waals surface area contributed by atoms with Crippen LogP contribution in [0, 0.1) is 19.8 Å².